The zero-order valence-corrected chi connectivity index (χ0v) is 15.1. The van der Waals surface area contributed by atoms with Crippen molar-refractivity contribution in [2.45, 2.75) is 40.2 Å². The number of anilines is 2. The average Bonchev–Trinajstić information content (AvgIpc) is 2.56. The lowest BCUT2D eigenvalue weighted by Gasteiger charge is -2.21. The van der Waals surface area contributed by atoms with Gasteiger partial charge in [0, 0.05) is 37.6 Å². The summed E-state index contributed by atoms with van der Waals surface area (Å²) in [5.41, 5.74) is 1.70. The molecule has 0 saturated carbocycles. The molecule has 0 aliphatic rings. The Bertz CT molecular complexity index is 511. The third-order valence-corrected chi connectivity index (χ3v) is 3.52. The second-order valence-electron chi connectivity index (χ2n) is 5.70. The molecule has 0 atom stereocenters. The first-order chi connectivity index (χ1) is 11.5. The van der Waals surface area contributed by atoms with Crippen molar-refractivity contribution in [1.29, 1.82) is 0 Å². The average molecular weight is 335 g/mol. The molecular formula is C18H29N3O3. The van der Waals surface area contributed by atoms with Gasteiger partial charge in [-0.2, -0.15) is 0 Å². The summed E-state index contributed by atoms with van der Waals surface area (Å²) < 4.78 is 5.37. The van der Waals surface area contributed by atoms with E-state index in [2.05, 4.69) is 29.4 Å². The summed E-state index contributed by atoms with van der Waals surface area (Å²) in [5.74, 6) is -1.29. The standard InChI is InChI=1S/C18H29N3O3/c1-5-21(6-2)16-10-8-15(9-11-16)20-18(23)17(22)19-12-7-13-24-14(3)4/h8-11,14H,5-7,12-13H2,1-4H3,(H,19,22)(H,20,23). The van der Waals surface area contributed by atoms with Crippen LogP contribution in [0.25, 0.3) is 0 Å². The SMILES string of the molecule is CCN(CC)c1ccc(NC(=O)C(=O)NCCCOC(C)C)cc1. The van der Waals surface area contributed by atoms with Gasteiger partial charge in [0.1, 0.15) is 0 Å². The van der Waals surface area contributed by atoms with Crippen molar-refractivity contribution >= 4 is 23.2 Å². The van der Waals surface area contributed by atoms with Crippen LogP contribution in [0.2, 0.25) is 0 Å². The van der Waals surface area contributed by atoms with Crippen LogP contribution in [0, 0.1) is 0 Å². The van der Waals surface area contributed by atoms with Gasteiger partial charge < -0.3 is 20.3 Å². The fourth-order valence-electron chi connectivity index (χ4n) is 2.21. The number of carbonyl (C=O) groups excluding carboxylic acids is 2. The summed E-state index contributed by atoms with van der Waals surface area (Å²) in [6.45, 7) is 10.9. The fraction of sp³-hybridized carbons (Fsp3) is 0.556. The van der Waals surface area contributed by atoms with Crippen molar-refractivity contribution in [1.82, 2.24) is 5.32 Å². The van der Waals surface area contributed by atoms with Crippen LogP contribution >= 0.6 is 0 Å². The number of amides is 2. The normalized spacial score (nSPS) is 10.5. The van der Waals surface area contributed by atoms with Gasteiger partial charge in [-0.3, -0.25) is 9.59 Å². The summed E-state index contributed by atoms with van der Waals surface area (Å²) in [5, 5.41) is 5.19. The van der Waals surface area contributed by atoms with E-state index in [9.17, 15) is 9.59 Å². The van der Waals surface area contributed by atoms with Crippen LogP contribution in [0.4, 0.5) is 11.4 Å². The molecule has 24 heavy (non-hydrogen) atoms. The molecular weight excluding hydrogens is 306 g/mol. The smallest absolute Gasteiger partial charge is 0.313 e. The third kappa shape index (κ3) is 7.00. The van der Waals surface area contributed by atoms with Crippen LogP contribution in [0.5, 0.6) is 0 Å². The molecule has 0 bridgehead atoms. The maximum atomic E-state index is 11.9. The minimum absolute atomic E-state index is 0.170. The summed E-state index contributed by atoms with van der Waals surface area (Å²) in [7, 11) is 0. The van der Waals surface area contributed by atoms with Crippen molar-refractivity contribution < 1.29 is 14.3 Å². The third-order valence-electron chi connectivity index (χ3n) is 3.52. The van der Waals surface area contributed by atoms with Crippen molar-refractivity contribution in [3.05, 3.63) is 24.3 Å². The van der Waals surface area contributed by atoms with Gasteiger partial charge in [-0.15, -0.1) is 0 Å². The van der Waals surface area contributed by atoms with Crippen molar-refractivity contribution in [3.63, 3.8) is 0 Å². The molecule has 0 heterocycles. The molecule has 0 unspecified atom stereocenters. The van der Waals surface area contributed by atoms with Crippen molar-refractivity contribution in [2.75, 3.05) is 36.5 Å². The predicted molar refractivity (Wildman–Crippen MR) is 97.3 cm³/mol. The zero-order chi connectivity index (χ0) is 17.9. The molecule has 0 aliphatic heterocycles. The summed E-state index contributed by atoms with van der Waals surface area (Å²) in [4.78, 5) is 25.8. The first-order valence-electron chi connectivity index (χ1n) is 8.53. The number of hydrogen-bond acceptors (Lipinski definition) is 4. The van der Waals surface area contributed by atoms with Crippen molar-refractivity contribution in [3.8, 4) is 0 Å². The van der Waals surface area contributed by atoms with Crippen LogP contribution in [0.3, 0.4) is 0 Å². The molecule has 2 N–H and O–H groups in total. The molecule has 1 rings (SSSR count). The van der Waals surface area contributed by atoms with E-state index < -0.39 is 11.8 Å². The highest BCUT2D eigenvalue weighted by atomic mass is 16.5. The molecule has 0 saturated heterocycles. The highest BCUT2D eigenvalue weighted by Gasteiger charge is 2.13. The van der Waals surface area contributed by atoms with Gasteiger partial charge in [-0.05, 0) is 58.4 Å². The van der Waals surface area contributed by atoms with Gasteiger partial charge in [0.05, 0.1) is 6.10 Å². The van der Waals surface area contributed by atoms with Gasteiger partial charge in [-0.25, -0.2) is 0 Å². The number of rotatable bonds is 9. The van der Waals surface area contributed by atoms with Gasteiger partial charge in [-0.1, -0.05) is 0 Å². The molecule has 134 valence electrons. The van der Waals surface area contributed by atoms with E-state index in [1.165, 1.54) is 0 Å². The van der Waals surface area contributed by atoms with Crippen LogP contribution < -0.4 is 15.5 Å². The number of carbonyl (C=O) groups is 2. The Morgan fingerprint density at radius 3 is 2.25 bits per heavy atom. The van der Waals surface area contributed by atoms with E-state index in [0.29, 0.717) is 25.3 Å². The van der Waals surface area contributed by atoms with Gasteiger partial charge in [0.15, 0.2) is 0 Å². The van der Waals surface area contributed by atoms with Gasteiger partial charge >= 0.3 is 11.8 Å². The Labute approximate surface area is 144 Å². The number of ether oxygens (including phenoxy) is 1. The molecule has 1 aromatic rings. The maximum absolute atomic E-state index is 11.9. The predicted octanol–water partition coefficient (Wildman–Crippen LogP) is 2.40. The molecule has 6 heteroatoms. The molecule has 0 aromatic heterocycles. The largest absolute Gasteiger partial charge is 0.379 e. The topological polar surface area (TPSA) is 70.7 Å². The fourth-order valence-corrected chi connectivity index (χ4v) is 2.21. The number of nitrogens with one attached hydrogen (secondary N) is 2. The molecule has 0 aliphatic carbocycles. The lowest BCUT2D eigenvalue weighted by atomic mass is 10.2. The second-order valence-corrected chi connectivity index (χ2v) is 5.70. The van der Waals surface area contributed by atoms with E-state index >= 15 is 0 Å². The molecule has 2 amide bonds. The molecule has 0 spiro atoms. The van der Waals surface area contributed by atoms with Crippen LogP contribution in [0.15, 0.2) is 24.3 Å². The molecule has 0 radical (unpaired) electrons. The van der Waals surface area contributed by atoms with E-state index in [1.807, 2.05) is 26.0 Å². The number of hydrogen-bond donors (Lipinski definition) is 2. The second kappa shape index (κ2) is 10.6. The number of nitrogens with zero attached hydrogens (tertiary/aromatic N) is 1. The first kappa shape index (κ1) is 20.0. The molecule has 6 nitrogen and oxygen atoms in total. The highest BCUT2D eigenvalue weighted by molar-refractivity contribution is 6.39. The Morgan fingerprint density at radius 1 is 1.08 bits per heavy atom. The quantitative estimate of drug-likeness (QED) is 0.537. The van der Waals surface area contributed by atoms with E-state index in [4.69, 9.17) is 4.74 Å². The molecule has 1 aromatic carbocycles. The van der Waals surface area contributed by atoms with Crippen LogP contribution in [-0.2, 0) is 14.3 Å². The minimum atomic E-state index is -0.657. The first-order valence-corrected chi connectivity index (χ1v) is 8.53. The summed E-state index contributed by atoms with van der Waals surface area (Å²) in [6.07, 6.45) is 0.846. The Balaban J connectivity index is 2.39. The monoisotopic (exact) mass is 335 g/mol. The van der Waals surface area contributed by atoms with E-state index in [-0.39, 0.29) is 6.10 Å². The number of benzene rings is 1. The lowest BCUT2D eigenvalue weighted by molar-refractivity contribution is -0.136. The van der Waals surface area contributed by atoms with Gasteiger partial charge in [0.2, 0.25) is 0 Å². The maximum Gasteiger partial charge on any atom is 0.313 e. The highest BCUT2D eigenvalue weighted by Crippen LogP contribution is 2.17. The Morgan fingerprint density at radius 2 is 1.71 bits per heavy atom. The molecule has 0 fully saturated rings. The van der Waals surface area contributed by atoms with E-state index in [1.54, 1.807) is 12.1 Å². The van der Waals surface area contributed by atoms with Crippen LogP contribution in [-0.4, -0.2) is 44.2 Å². The van der Waals surface area contributed by atoms with Crippen molar-refractivity contribution in [2.24, 2.45) is 0 Å². The minimum Gasteiger partial charge on any atom is -0.379 e. The van der Waals surface area contributed by atoms with E-state index in [0.717, 1.165) is 18.8 Å². The Kier molecular flexibility index (Phi) is 8.86. The Hall–Kier alpha value is -2.08. The zero-order valence-electron chi connectivity index (χ0n) is 15.1. The van der Waals surface area contributed by atoms with Crippen LogP contribution in [0.1, 0.15) is 34.1 Å². The summed E-state index contributed by atoms with van der Waals surface area (Å²) >= 11 is 0. The lowest BCUT2D eigenvalue weighted by Crippen LogP contribution is -2.36. The summed E-state index contributed by atoms with van der Waals surface area (Å²) in [6, 6.07) is 7.47. The van der Waals surface area contributed by atoms with Gasteiger partial charge in [0.25, 0.3) is 0 Å².